The van der Waals surface area contributed by atoms with Crippen molar-refractivity contribution in [2.75, 3.05) is 11.9 Å². The number of benzene rings is 1. The molecule has 0 saturated carbocycles. The van der Waals surface area contributed by atoms with Gasteiger partial charge in [0.2, 0.25) is 0 Å². The highest BCUT2D eigenvalue weighted by molar-refractivity contribution is 6.32. The number of nitrogens with one attached hydrogen (secondary N) is 1. The molecule has 2 aromatic rings. The Morgan fingerprint density at radius 1 is 1.50 bits per heavy atom. The number of rotatable bonds is 4. The van der Waals surface area contributed by atoms with Crippen LogP contribution in [0.4, 0.5) is 5.69 Å². The first-order valence-corrected chi connectivity index (χ1v) is 5.99. The van der Waals surface area contributed by atoms with Crippen LogP contribution in [0.15, 0.2) is 30.6 Å². The second-order valence-electron chi connectivity index (χ2n) is 3.91. The maximum Gasteiger partial charge on any atom is 0.110 e. The van der Waals surface area contributed by atoms with Gasteiger partial charge in [-0.25, -0.2) is 4.98 Å². The minimum absolute atomic E-state index is 0.472. The van der Waals surface area contributed by atoms with E-state index in [0.717, 1.165) is 17.9 Å². The maximum absolute atomic E-state index is 9.04. The van der Waals surface area contributed by atoms with E-state index in [4.69, 9.17) is 16.9 Å². The lowest BCUT2D eigenvalue weighted by Gasteiger charge is -2.08. The summed E-state index contributed by atoms with van der Waals surface area (Å²) in [5.41, 5.74) is 1.25. The number of aromatic nitrogens is 2. The van der Waals surface area contributed by atoms with Crippen molar-refractivity contribution < 1.29 is 0 Å². The first kappa shape index (κ1) is 12.5. The van der Waals surface area contributed by atoms with Crippen LogP contribution in [-0.4, -0.2) is 16.1 Å². The molecular formula is C13H13ClN4. The molecule has 1 N–H and O–H groups in total. The van der Waals surface area contributed by atoms with Crippen molar-refractivity contribution in [1.82, 2.24) is 9.55 Å². The van der Waals surface area contributed by atoms with Crippen molar-refractivity contribution in [3.63, 3.8) is 0 Å². The van der Waals surface area contributed by atoms with E-state index in [9.17, 15) is 0 Å². The lowest BCUT2D eigenvalue weighted by atomic mass is 10.2. The van der Waals surface area contributed by atoms with Crippen molar-refractivity contribution in [2.45, 2.75) is 6.42 Å². The van der Waals surface area contributed by atoms with Crippen LogP contribution in [0.1, 0.15) is 11.4 Å². The monoisotopic (exact) mass is 260 g/mol. The van der Waals surface area contributed by atoms with Gasteiger partial charge in [0.1, 0.15) is 11.9 Å². The highest BCUT2D eigenvalue weighted by Crippen LogP contribution is 2.23. The van der Waals surface area contributed by atoms with E-state index in [1.54, 1.807) is 12.3 Å². The zero-order valence-electron chi connectivity index (χ0n) is 10.0. The van der Waals surface area contributed by atoms with E-state index in [2.05, 4.69) is 16.4 Å². The largest absolute Gasteiger partial charge is 0.383 e. The lowest BCUT2D eigenvalue weighted by Crippen LogP contribution is -2.09. The summed E-state index contributed by atoms with van der Waals surface area (Å²) in [6.45, 7) is 0.708. The third-order valence-electron chi connectivity index (χ3n) is 2.71. The van der Waals surface area contributed by atoms with E-state index in [0.29, 0.717) is 17.1 Å². The third-order valence-corrected chi connectivity index (χ3v) is 3.03. The number of hydrogen-bond donors (Lipinski definition) is 1. The number of hydrogen-bond acceptors (Lipinski definition) is 3. The average Bonchev–Trinajstić information content (AvgIpc) is 2.75. The minimum Gasteiger partial charge on any atom is -0.383 e. The summed E-state index contributed by atoms with van der Waals surface area (Å²) in [6.07, 6.45) is 4.48. The molecule has 0 saturated heterocycles. The summed E-state index contributed by atoms with van der Waals surface area (Å²) in [6, 6.07) is 7.49. The van der Waals surface area contributed by atoms with Crippen LogP contribution in [0.3, 0.4) is 0 Å². The first-order chi connectivity index (χ1) is 8.72. The Bertz CT molecular complexity index is 583. The van der Waals surface area contributed by atoms with Crippen LogP contribution in [-0.2, 0) is 13.5 Å². The van der Waals surface area contributed by atoms with E-state index in [-0.39, 0.29) is 0 Å². The summed E-state index contributed by atoms with van der Waals surface area (Å²) in [4.78, 5) is 4.24. The molecule has 0 amide bonds. The number of aryl methyl sites for hydroxylation is 1. The van der Waals surface area contributed by atoms with Gasteiger partial charge in [-0.2, -0.15) is 5.26 Å². The van der Waals surface area contributed by atoms with Gasteiger partial charge < -0.3 is 9.88 Å². The van der Waals surface area contributed by atoms with E-state index in [1.807, 2.05) is 29.9 Å². The van der Waals surface area contributed by atoms with Crippen molar-refractivity contribution in [3.05, 3.63) is 47.0 Å². The van der Waals surface area contributed by atoms with E-state index in [1.165, 1.54) is 0 Å². The Hall–Kier alpha value is -1.99. The topological polar surface area (TPSA) is 53.6 Å². The first-order valence-electron chi connectivity index (χ1n) is 5.61. The number of nitrogens with zero attached hydrogens (tertiary/aromatic N) is 3. The summed E-state index contributed by atoms with van der Waals surface area (Å²) >= 11 is 5.95. The number of imidazole rings is 1. The SMILES string of the molecule is Cn1ccnc1CCNc1cccc(Cl)c1C#N. The van der Waals surface area contributed by atoms with Gasteiger partial charge in [-0.05, 0) is 12.1 Å². The van der Waals surface area contributed by atoms with Crippen LogP contribution in [0, 0.1) is 11.3 Å². The Labute approximate surface area is 111 Å². The van der Waals surface area contributed by atoms with Gasteiger partial charge in [-0.1, -0.05) is 17.7 Å². The van der Waals surface area contributed by atoms with Gasteiger partial charge in [0.15, 0.2) is 0 Å². The van der Waals surface area contributed by atoms with Gasteiger partial charge >= 0.3 is 0 Å². The van der Waals surface area contributed by atoms with Gasteiger partial charge in [0.05, 0.1) is 16.3 Å². The zero-order valence-corrected chi connectivity index (χ0v) is 10.8. The standard InChI is InChI=1S/C13H13ClN4/c1-18-8-7-17-13(18)5-6-16-12-4-2-3-11(14)10(12)9-15/h2-4,7-8,16H,5-6H2,1H3. The molecule has 18 heavy (non-hydrogen) atoms. The summed E-state index contributed by atoms with van der Waals surface area (Å²) in [5.74, 6) is 1.00. The highest BCUT2D eigenvalue weighted by Gasteiger charge is 2.06. The fourth-order valence-electron chi connectivity index (χ4n) is 1.73. The molecule has 1 aromatic carbocycles. The molecule has 5 heteroatoms. The van der Waals surface area contributed by atoms with Crippen molar-refractivity contribution in [3.8, 4) is 6.07 Å². The van der Waals surface area contributed by atoms with E-state index < -0.39 is 0 Å². The smallest absolute Gasteiger partial charge is 0.110 e. The molecule has 4 nitrogen and oxygen atoms in total. The minimum atomic E-state index is 0.472. The fraction of sp³-hybridized carbons (Fsp3) is 0.231. The molecule has 1 heterocycles. The predicted molar refractivity (Wildman–Crippen MR) is 71.6 cm³/mol. The van der Waals surface area contributed by atoms with Crippen LogP contribution < -0.4 is 5.32 Å². The normalized spacial score (nSPS) is 10.1. The molecule has 0 radical (unpaired) electrons. The van der Waals surface area contributed by atoms with Gasteiger partial charge in [0, 0.05) is 32.4 Å². The van der Waals surface area contributed by atoms with Gasteiger partial charge in [0.25, 0.3) is 0 Å². The van der Waals surface area contributed by atoms with Crippen LogP contribution >= 0.6 is 11.6 Å². The number of nitriles is 1. The Morgan fingerprint density at radius 2 is 2.33 bits per heavy atom. The van der Waals surface area contributed by atoms with Crippen molar-refractivity contribution in [2.24, 2.45) is 7.05 Å². The Kier molecular flexibility index (Phi) is 3.85. The van der Waals surface area contributed by atoms with Crippen LogP contribution in [0.25, 0.3) is 0 Å². The molecule has 2 rings (SSSR count). The quantitative estimate of drug-likeness (QED) is 0.919. The predicted octanol–water partition coefficient (Wildman–Crippen LogP) is 2.60. The second kappa shape index (κ2) is 5.56. The molecule has 1 aromatic heterocycles. The fourth-order valence-corrected chi connectivity index (χ4v) is 1.95. The molecule has 0 aliphatic heterocycles. The third kappa shape index (κ3) is 2.63. The van der Waals surface area contributed by atoms with Crippen LogP contribution in [0.5, 0.6) is 0 Å². The molecule has 0 aliphatic carbocycles. The maximum atomic E-state index is 9.04. The second-order valence-corrected chi connectivity index (χ2v) is 4.31. The summed E-state index contributed by atoms with van der Waals surface area (Å²) < 4.78 is 1.98. The molecule has 0 aliphatic rings. The molecule has 92 valence electrons. The summed E-state index contributed by atoms with van der Waals surface area (Å²) in [5, 5.41) is 12.7. The summed E-state index contributed by atoms with van der Waals surface area (Å²) in [7, 11) is 1.96. The Morgan fingerprint density at radius 3 is 3.00 bits per heavy atom. The Balaban J connectivity index is 2.01. The lowest BCUT2D eigenvalue weighted by molar-refractivity contribution is 0.789. The zero-order chi connectivity index (χ0) is 13.0. The number of halogens is 1. The number of anilines is 1. The molecule has 0 bridgehead atoms. The molecule has 0 unspecified atom stereocenters. The molecule has 0 spiro atoms. The van der Waals surface area contributed by atoms with E-state index >= 15 is 0 Å². The van der Waals surface area contributed by atoms with Crippen molar-refractivity contribution in [1.29, 1.82) is 5.26 Å². The van der Waals surface area contributed by atoms with Gasteiger partial charge in [-0.3, -0.25) is 0 Å². The van der Waals surface area contributed by atoms with Crippen LogP contribution in [0.2, 0.25) is 5.02 Å². The molecule has 0 atom stereocenters. The highest BCUT2D eigenvalue weighted by atomic mass is 35.5. The molecule has 0 fully saturated rings. The van der Waals surface area contributed by atoms with Gasteiger partial charge in [-0.15, -0.1) is 0 Å². The molecular weight excluding hydrogens is 248 g/mol. The average molecular weight is 261 g/mol. The van der Waals surface area contributed by atoms with Crippen molar-refractivity contribution >= 4 is 17.3 Å².